The van der Waals surface area contributed by atoms with Crippen LogP contribution >= 0.6 is 11.8 Å². The van der Waals surface area contributed by atoms with Crippen LogP contribution in [0.1, 0.15) is 6.42 Å². The van der Waals surface area contributed by atoms with Gasteiger partial charge < -0.3 is 4.90 Å². The molecule has 2 aromatic rings. The fourth-order valence-corrected chi connectivity index (χ4v) is 3.01. The van der Waals surface area contributed by atoms with E-state index in [0.29, 0.717) is 0 Å². The van der Waals surface area contributed by atoms with Crippen LogP contribution in [-0.2, 0) is 0 Å². The van der Waals surface area contributed by atoms with Gasteiger partial charge in [0.25, 0.3) is 0 Å². The Morgan fingerprint density at radius 3 is 2.85 bits per heavy atom. The molecule has 2 aromatic heterocycles. The van der Waals surface area contributed by atoms with Crippen molar-refractivity contribution >= 4 is 23.2 Å². The van der Waals surface area contributed by atoms with Gasteiger partial charge in [-0.1, -0.05) is 0 Å². The van der Waals surface area contributed by atoms with Crippen molar-refractivity contribution in [2.45, 2.75) is 6.42 Å². The third-order valence-corrected chi connectivity index (χ3v) is 4.39. The summed E-state index contributed by atoms with van der Waals surface area (Å²) < 4.78 is 1.87. The fraction of sp³-hybridized carbons (Fsp3) is 0.615. The molecule has 1 aliphatic heterocycles. The third-order valence-electron chi connectivity index (χ3n) is 3.69. The fourth-order valence-electron chi connectivity index (χ4n) is 2.59. The largest absolute Gasteiger partial charge is 0.353 e. The van der Waals surface area contributed by atoms with Crippen LogP contribution in [0.3, 0.4) is 0 Å². The Morgan fingerprint density at radius 1 is 1.20 bits per heavy atom. The van der Waals surface area contributed by atoms with E-state index >= 15 is 0 Å². The van der Waals surface area contributed by atoms with Crippen LogP contribution in [-0.4, -0.2) is 69.2 Å². The van der Waals surface area contributed by atoms with Gasteiger partial charge in [-0.25, -0.2) is 4.98 Å². The first-order valence-electron chi connectivity index (χ1n) is 6.98. The number of nitrogens with zero attached hydrogens (tertiary/aromatic N) is 6. The molecule has 7 heteroatoms. The van der Waals surface area contributed by atoms with Crippen molar-refractivity contribution in [1.29, 1.82) is 0 Å². The first kappa shape index (κ1) is 13.6. The van der Waals surface area contributed by atoms with Crippen LogP contribution in [0, 0.1) is 0 Å². The molecular weight excluding hydrogens is 272 g/mol. The molecule has 20 heavy (non-hydrogen) atoms. The van der Waals surface area contributed by atoms with E-state index in [4.69, 9.17) is 0 Å². The molecule has 0 amide bonds. The number of hydrogen-bond acceptors (Lipinski definition) is 6. The normalized spacial score (nSPS) is 16.9. The highest BCUT2D eigenvalue weighted by Crippen LogP contribution is 2.15. The number of anilines is 1. The minimum absolute atomic E-state index is 0.810. The molecule has 0 saturated carbocycles. The summed E-state index contributed by atoms with van der Waals surface area (Å²) in [4.78, 5) is 13.3. The SMILES string of the molecule is CSCCCN1CCN(c2cncc3ncnn23)CC1. The average molecular weight is 292 g/mol. The Bertz CT molecular complexity index is 549. The van der Waals surface area contributed by atoms with E-state index < -0.39 is 0 Å². The standard InChI is InChI=1S/C13H20N6S/c1-20-8-2-3-17-4-6-18(7-5-17)13-10-14-9-12-15-11-16-19(12)13/h9-11H,2-8H2,1H3. The Morgan fingerprint density at radius 2 is 2.05 bits per heavy atom. The number of aromatic nitrogens is 4. The van der Waals surface area contributed by atoms with Crippen LogP contribution in [0.2, 0.25) is 0 Å². The van der Waals surface area contributed by atoms with Crippen LogP contribution in [0.25, 0.3) is 5.65 Å². The van der Waals surface area contributed by atoms with Gasteiger partial charge in [0.15, 0.2) is 11.5 Å². The highest BCUT2D eigenvalue weighted by Gasteiger charge is 2.19. The lowest BCUT2D eigenvalue weighted by Crippen LogP contribution is -2.47. The van der Waals surface area contributed by atoms with Gasteiger partial charge in [0.1, 0.15) is 6.33 Å². The maximum absolute atomic E-state index is 4.28. The van der Waals surface area contributed by atoms with E-state index in [1.165, 1.54) is 18.7 Å². The van der Waals surface area contributed by atoms with Crippen molar-refractivity contribution in [3.63, 3.8) is 0 Å². The van der Waals surface area contributed by atoms with E-state index in [2.05, 4.69) is 31.1 Å². The zero-order valence-electron chi connectivity index (χ0n) is 11.8. The van der Waals surface area contributed by atoms with Gasteiger partial charge in [0.2, 0.25) is 0 Å². The average Bonchev–Trinajstić information content (AvgIpc) is 2.97. The Kier molecular flexibility index (Phi) is 4.37. The molecule has 3 heterocycles. The summed E-state index contributed by atoms with van der Waals surface area (Å²) in [5.41, 5.74) is 0.810. The van der Waals surface area contributed by atoms with Gasteiger partial charge >= 0.3 is 0 Å². The van der Waals surface area contributed by atoms with Gasteiger partial charge in [0.05, 0.1) is 12.4 Å². The highest BCUT2D eigenvalue weighted by atomic mass is 32.2. The Hall–Kier alpha value is -1.34. The molecule has 0 N–H and O–H groups in total. The molecule has 0 atom stereocenters. The van der Waals surface area contributed by atoms with Crippen molar-refractivity contribution in [2.75, 3.05) is 49.6 Å². The van der Waals surface area contributed by atoms with Crippen LogP contribution < -0.4 is 4.90 Å². The van der Waals surface area contributed by atoms with Crippen LogP contribution in [0.4, 0.5) is 5.82 Å². The third kappa shape index (κ3) is 2.88. The summed E-state index contributed by atoms with van der Waals surface area (Å²) in [7, 11) is 0. The molecule has 0 aliphatic carbocycles. The lowest BCUT2D eigenvalue weighted by Gasteiger charge is -2.35. The van der Waals surface area contributed by atoms with Crippen LogP contribution in [0.15, 0.2) is 18.7 Å². The second kappa shape index (κ2) is 6.41. The summed E-state index contributed by atoms with van der Waals surface area (Å²) in [6, 6.07) is 0. The summed E-state index contributed by atoms with van der Waals surface area (Å²) in [5, 5.41) is 4.28. The van der Waals surface area contributed by atoms with Crippen molar-refractivity contribution in [1.82, 2.24) is 24.5 Å². The molecule has 6 nitrogen and oxygen atoms in total. The maximum atomic E-state index is 4.28. The van der Waals surface area contributed by atoms with E-state index in [0.717, 1.165) is 37.6 Å². The summed E-state index contributed by atoms with van der Waals surface area (Å²) >= 11 is 1.93. The predicted molar refractivity (Wildman–Crippen MR) is 82.4 cm³/mol. The molecule has 0 bridgehead atoms. The lowest BCUT2D eigenvalue weighted by molar-refractivity contribution is 0.258. The van der Waals surface area contributed by atoms with Crippen LogP contribution in [0.5, 0.6) is 0 Å². The second-order valence-electron chi connectivity index (χ2n) is 4.97. The number of thioether (sulfide) groups is 1. The number of rotatable bonds is 5. The topological polar surface area (TPSA) is 49.6 Å². The summed E-state index contributed by atoms with van der Waals surface area (Å²) in [6.07, 6.45) is 8.66. The Labute approximate surface area is 123 Å². The molecular formula is C13H20N6S. The molecule has 0 unspecified atom stereocenters. The highest BCUT2D eigenvalue weighted by molar-refractivity contribution is 7.98. The molecule has 1 fully saturated rings. The monoisotopic (exact) mass is 292 g/mol. The zero-order chi connectivity index (χ0) is 13.8. The first-order valence-corrected chi connectivity index (χ1v) is 8.38. The smallest absolute Gasteiger partial charge is 0.175 e. The van der Waals surface area contributed by atoms with Crippen molar-refractivity contribution < 1.29 is 0 Å². The second-order valence-corrected chi connectivity index (χ2v) is 5.96. The molecule has 1 aliphatic rings. The van der Waals surface area contributed by atoms with Crippen molar-refractivity contribution in [2.24, 2.45) is 0 Å². The summed E-state index contributed by atoms with van der Waals surface area (Å²) in [6.45, 7) is 5.49. The molecule has 108 valence electrons. The zero-order valence-corrected chi connectivity index (χ0v) is 12.6. The van der Waals surface area contributed by atoms with Gasteiger partial charge in [-0.05, 0) is 25.0 Å². The van der Waals surface area contributed by atoms with Gasteiger partial charge in [0, 0.05) is 26.2 Å². The van der Waals surface area contributed by atoms with Gasteiger partial charge in [-0.2, -0.15) is 21.4 Å². The van der Waals surface area contributed by atoms with Crippen molar-refractivity contribution in [3.05, 3.63) is 18.7 Å². The number of piperazine rings is 1. The molecule has 0 spiro atoms. The van der Waals surface area contributed by atoms with E-state index in [1.807, 2.05) is 22.5 Å². The molecule has 0 aromatic carbocycles. The quantitative estimate of drug-likeness (QED) is 0.766. The van der Waals surface area contributed by atoms with E-state index in [-0.39, 0.29) is 0 Å². The van der Waals surface area contributed by atoms with Gasteiger partial charge in [-0.3, -0.25) is 9.88 Å². The molecule has 0 radical (unpaired) electrons. The maximum Gasteiger partial charge on any atom is 0.175 e. The van der Waals surface area contributed by atoms with E-state index in [9.17, 15) is 0 Å². The van der Waals surface area contributed by atoms with Crippen molar-refractivity contribution in [3.8, 4) is 0 Å². The predicted octanol–water partition coefficient (Wildman–Crippen LogP) is 0.999. The van der Waals surface area contributed by atoms with E-state index in [1.54, 1.807) is 12.5 Å². The molecule has 3 rings (SSSR count). The summed E-state index contributed by atoms with van der Waals surface area (Å²) in [5.74, 6) is 2.30. The number of fused-ring (bicyclic) bond motifs is 1. The first-order chi connectivity index (χ1) is 9.88. The Balaban J connectivity index is 1.62. The number of hydrogen-bond donors (Lipinski definition) is 0. The molecule has 1 saturated heterocycles. The lowest BCUT2D eigenvalue weighted by atomic mass is 10.3. The minimum atomic E-state index is 0.810. The van der Waals surface area contributed by atoms with Gasteiger partial charge in [-0.15, -0.1) is 0 Å². The minimum Gasteiger partial charge on any atom is -0.353 e.